The first-order chi connectivity index (χ1) is 15.8. The van der Waals surface area contributed by atoms with E-state index in [-0.39, 0.29) is 24.2 Å². The summed E-state index contributed by atoms with van der Waals surface area (Å²) in [5, 5.41) is 12.2. The molecule has 0 radical (unpaired) electrons. The quantitative estimate of drug-likeness (QED) is 0.345. The van der Waals surface area contributed by atoms with E-state index in [0.717, 1.165) is 22.6 Å². The van der Waals surface area contributed by atoms with E-state index in [1.54, 1.807) is 27.1 Å². The summed E-state index contributed by atoms with van der Waals surface area (Å²) in [7, 11) is 3.35. The molecule has 0 spiro atoms. The first-order valence-electron chi connectivity index (χ1n) is 10.1. The standard InChI is InChI=1S/C22H26N6O3S2/c1-6-10-28-17(12-31-16-9-7-8-14(2)11-16)25-26-22(28)32-13-18(29)24-21-23-15(3)19(33-21)20(30)27(4)5/h6-9,11H,1,10,12-13H2,2-5H3,(H,23,24,29). The molecule has 0 aliphatic heterocycles. The highest BCUT2D eigenvalue weighted by molar-refractivity contribution is 7.99. The molecule has 0 saturated heterocycles. The molecule has 33 heavy (non-hydrogen) atoms. The zero-order valence-corrected chi connectivity index (χ0v) is 20.6. The Morgan fingerprint density at radius 3 is 2.79 bits per heavy atom. The molecule has 3 rings (SSSR count). The summed E-state index contributed by atoms with van der Waals surface area (Å²) in [6, 6.07) is 7.77. The van der Waals surface area contributed by atoms with Crippen molar-refractivity contribution in [1.82, 2.24) is 24.6 Å². The van der Waals surface area contributed by atoms with Crippen LogP contribution < -0.4 is 10.1 Å². The summed E-state index contributed by atoms with van der Waals surface area (Å²) in [6.07, 6.45) is 1.74. The Kier molecular flexibility index (Phi) is 8.23. The Morgan fingerprint density at radius 1 is 1.30 bits per heavy atom. The van der Waals surface area contributed by atoms with Crippen LogP contribution in [0.25, 0.3) is 0 Å². The van der Waals surface area contributed by atoms with Crippen LogP contribution in [0.15, 0.2) is 42.1 Å². The minimum absolute atomic E-state index is 0.115. The van der Waals surface area contributed by atoms with Crippen molar-refractivity contribution in [2.24, 2.45) is 0 Å². The van der Waals surface area contributed by atoms with Gasteiger partial charge in [-0.3, -0.25) is 14.2 Å². The van der Waals surface area contributed by atoms with E-state index in [0.29, 0.717) is 33.2 Å². The molecular formula is C22H26N6O3S2. The van der Waals surface area contributed by atoms with Gasteiger partial charge in [0.15, 0.2) is 16.1 Å². The lowest BCUT2D eigenvalue weighted by molar-refractivity contribution is -0.113. The zero-order valence-electron chi connectivity index (χ0n) is 19.0. The Morgan fingerprint density at radius 2 is 2.09 bits per heavy atom. The molecule has 2 aromatic heterocycles. The van der Waals surface area contributed by atoms with Gasteiger partial charge >= 0.3 is 0 Å². The van der Waals surface area contributed by atoms with Gasteiger partial charge in [-0.25, -0.2) is 4.98 Å². The molecule has 3 aromatic rings. The van der Waals surface area contributed by atoms with Gasteiger partial charge in [0.2, 0.25) is 5.91 Å². The van der Waals surface area contributed by atoms with Gasteiger partial charge in [-0.15, -0.1) is 16.8 Å². The maximum Gasteiger partial charge on any atom is 0.265 e. The van der Waals surface area contributed by atoms with Crippen molar-refractivity contribution in [3.05, 3.63) is 58.9 Å². The smallest absolute Gasteiger partial charge is 0.265 e. The lowest BCUT2D eigenvalue weighted by atomic mass is 10.2. The fourth-order valence-corrected chi connectivity index (χ4v) is 4.61. The molecular weight excluding hydrogens is 460 g/mol. The highest BCUT2D eigenvalue weighted by Gasteiger charge is 2.19. The van der Waals surface area contributed by atoms with Crippen LogP contribution in [0, 0.1) is 13.8 Å². The molecule has 0 aliphatic carbocycles. The van der Waals surface area contributed by atoms with Gasteiger partial charge in [-0.2, -0.15) is 0 Å². The second kappa shape index (κ2) is 11.1. The molecule has 1 aromatic carbocycles. The average Bonchev–Trinajstić information content (AvgIpc) is 3.33. The molecule has 0 bridgehead atoms. The van der Waals surface area contributed by atoms with Crippen LogP contribution in [0.4, 0.5) is 5.13 Å². The summed E-state index contributed by atoms with van der Waals surface area (Å²) in [6.45, 7) is 8.28. The minimum Gasteiger partial charge on any atom is -0.486 e. The number of ether oxygens (including phenoxy) is 1. The normalized spacial score (nSPS) is 10.7. The number of hydrogen-bond acceptors (Lipinski definition) is 8. The van der Waals surface area contributed by atoms with E-state index < -0.39 is 0 Å². The number of thioether (sulfide) groups is 1. The monoisotopic (exact) mass is 486 g/mol. The van der Waals surface area contributed by atoms with Crippen molar-refractivity contribution < 1.29 is 14.3 Å². The molecule has 9 nitrogen and oxygen atoms in total. The van der Waals surface area contributed by atoms with Gasteiger partial charge < -0.3 is 15.0 Å². The van der Waals surface area contributed by atoms with Crippen LogP contribution in [0.1, 0.15) is 26.8 Å². The summed E-state index contributed by atoms with van der Waals surface area (Å²) in [4.78, 5) is 30.9. The summed E-state index contributed by atoms with van der Waals surface area (Å²) < 4.78 is 7.71. The first-order valence-corrected chi connectivity index (χ1v) is 11.9. The molecule has 0 atom stereocenters. The van der Waals surface area contributed by atoms with Crippen molar-refractivity contribution in [1.29, 1.82) is 0 Å². The van der Waals surface area contributed by atoms with Gasteiger partial charge in [-0.1, -0.05) is 41.3 Å². The van der Waals surface area contributed by atoms with Crippen LogP contribution in [-0.4, -0.2) is 56.3 Å². The molecule has 2 amide bonds. The average molecular weight is 487 g/mol. The molecule has 0 unspecified atom stereocenters. The second-order valence-corrected chi connectivity index (χ2v) is 9.31. The number of thiazole rings is 1. The fourth-order valence-electron chi connectivity index (χ4n) is 2.83. The van der Waals surface area contributed by atoms with E-state index in [9.17, 15) is 9.59 Å². The third-order valence-corrected chi connectivity index (χ3v) is 6.47. The van der Waals surface area contributed by atoms with Crippen LogP contribution in [-0.2, 0) is 17.9 Å². The van der Waals surface area contributed by atoms with Crippen molar-refractivity contribution >= 4 is 40.0 Å². The van der Waals surface area contributed by atoms with E-state index in [2.05, 4.69) is 27.1 Å². The molecule has 11 heteroatoms. The fraction of sp³-hybridized carbons (Fsp3) is 0.318. The van der Waals surface area contributed by atoms with Crippen molar-refractivity contribution in [2.45, 2.75) is 32.2 Å². The zero-order chi connectivity index (χ0) is 24.0. The summed E-state index contributed by atoms with van der Waals surface area (Å²) in [5.41, 5.74) is 1.70. The van der Waals surface area contributed by atoms with E-state index in [1.165, 1.54) is 16.7 Å². The van der Waals surface area contributed by atoms with Crippen molar-refractivity contribution in [3.8, 4) is 5.75 Å². The Hall–Kier alpha value is -3.18. The third kappa shape index (κ3) is 6.42. The number of aromatic nitrogens is 4. The van der Waals surface area contributed by atoms with Gasteiger partial charge in [0, 0.05) is 20.6 Å². The summed E-state index contributed by atoms with van der Waals surface area (Å²) in [5.74, 6) is 1.12. The van der Waals surface area contributed by atoms with E-state index in [1.807, 2.05) is 35.8 Å². The molecule has 2 heterocycles. The van der Waals surface area contributed by atoms with Gasteiger partial charge in [-0.05, 0) is 31.5 Å². The maximum absolute atomic E-state index is 12.5. The first kappa shape index (κ1) is 24.5. The number of rotatable bonds is 10. The minimum atomic E-state index is -0.247. The van der Waals surface area contributed by atoms with Crippen LogP contribution in [0.3, 0.4) is 0 Å². The van der Waals surface area contributed by atoms with E-state index >= 15 is 0 Å². The molecule has 174 valence electrons. The Balaban J connectivity index is 1.61. The van der Waals surface area contributed by atoms with Gasteiger partial charge in [0.25, 0.3) is 5.91 Å². The number of aryl methyl sites for hydroxylation is 2. The molecule has 0 aliphatic rings. The SMILES string of the molecule is C=CCn1c(COc2cccc(C)c2)nnc1SCC(=O)Nc1nc(C)c(C(=O)N(C)C)s1. The molecule has 0 saturated carbocycles. The van der Waals surface area contributed by atoms with Crippen molar-refractivity contribution in [2.75, 3.05) is 25.2 Å². The third-order valence-electron chi connectivity index (χ3n) is 4.44. The summed E-state index contributed by atoms with van der Waals surface area (Å²) >= 11 is 2.42. The highest BCUT2D eigenvalue weighted by Crippen LogP contribution is 2.24. The lowest BCUT2D eigenvalue weighted by Crippen LogP contribution is -2.21. The number of hydrogen-bond donors (Lipinski definition) is 1. The number of anilines is 1. The number of nitrogens with zero attached hydrogens (tertiary/aromatic N) is 5. The predicted molar refractivity (Wildman–Crippen MR) is 130 cm³/mol. The second-order valence-electron chi connectivity index (χ2n) is 7.37. The number of carbonyl (C=O) groups excluding carboxylic acids is 2. The van der Waals surface area contributed by atoms with Gasteiger partial charge in [0.05, 0.1) is 11.4 Å². The Labute approximate surface area is 200 Å². The van der Waals surface area contributed by atoms with Gasteiger partial charge in [0.1, 0.15) is 17.2 Å². The van der Waals surface area contributed by atoms with Crippen LogP contribution >= 0.6 is 23.1 Å². The Bertz CT molecular complexity index is 1150. The maximum atomic E-state index is 12.5. The number of benzene rings is 1. The topological polar surface area (TPSA) is 102 Å². The molecule has 1 N–H and O–H groups in total. The van der Waals surface area contributed by atoms with Crippen molar-refractivity contribution in [3.63, 3.8) is 0 Å². The molecule has 0 fully saturated rings. The van der Waals surface area contributed by atoms with Crippen LogP contribution in [0.2, 0.25) is 0 Å². The highest BCUT2D eigenvalue weighted by atomic mass is 32.2. The lowest BCUT2D eigenvalue weighted by Gasteiger charge is -2.09. The van der Waals surface area contributed by atoms with E-state index in [4.69, 9.17) is 4.74 Å². The number of allylic oxidation sites excluding steroid dienone is 1. The number of carbonyl (C=O) groups is 2. The number of nitrogens with one attached hydrogen (secondary N) is 1. The largest absolute Gasteiger partial charge is 0.486 e. The predicted octanol–water partition coefficient (Wildman–Crippen LogP) is 3.55. The van der Waals surface area contributed by atoms with Crippen LogP contribution in [0.5, 0.6) is 5.75 Å². The number of amides is 2.